The number of aliphatic hydroxyl groups is 1. The Balaban J connectivity index is 2.19. The SMILES string of the molecule is CCCCC/C=C\C/C=C\CCCCCCCC(O)[C@H](C(=O)O)[S+]([O-])c1ccccc1C. The van der Waals surface area contributed by atoms with Crippen molar-refractivity contribution in [1.82, 2.24) is 0 Å². The molecular weight excluding hydrogens is 420 g/mol. The average Bonchev–Trinajstić information content (AvgIpc) is 2.76. The first-order chi connectivity index (χ1) is 15.5. The number of carboxylic acids is 1. The number of aliphatic carboxylic acids is 1. The van der Waals surface area contributed by atoms with E-state index in [0.717, 1.165) is 50.5 Å². The molecule has 0 aliphatic rings. The molecule has 0 fully saturated rings. The standard InChI is InChI=1S/C27H42O4S/c1-3-4-5-6-7-8-9-10-11-12-13-14-15-16-17-21-24(28)26(27(29)30)32(31)25-22-19-18-20-23(25)2/h7-8,10-11,18-20,22,24,26,28H,3-6,9,12-17,21H2,1-2H3,(H,29,30)/b8-7-,11-10-/t24?,26-,32?/m1/s1. The lowest BCUT2D eigenvalue weighted by Gasteiger charge is -2.23. The molecule has 32 heavy (non-hydrogen) atoms. The Morgan fingerprint density at radius 3 is 2.19 bits per heavy atom. The molecule has 2 unspecified atom stereocenters. The maximum absolute atomic E-state index is 12.8. The molecular formula is C27H42O4S. The summed E-state index contributed by atoms with van der Waals surface area (Å²) in [7, 11) is 0. The monoisotopic (exact) mass is 462 g/mol. The molecule has 4 nitrogen and oxygen atoms in total. The van der Waals surface area contributed by atoms with Crippen LogP contribution in [0.2, 0.25) is 0 Å². The molecule has 0 bridgehead atoms. The first-order valence-corrected chi connectivity index (χ1v) is 13.4. The van der Waals surface area contributed by atoms with Crippen molar-refractivity contribution in [3.8, 4) is 0 Å². The minimum atomic E-state index is -1.77. The smallest absolute Gasteiger partial charge is 0.360 e. The average molecular weight is 463 g/mol. The lowest BCUT2D eigenvalue weighted by Crippen LogP contribution is -2.41. The molecule has 1 aromatic rings. The molecule has 0 saturated carbocycles. The first kappa shape index (κ1) is 28.5. The summed E-state index contributed by atoms with van der Waals surface area (Å²) in [5, 5.41) is 18.7. The number of allylic oxidation sites excluding steroid dienone is 4. The van der Waals surface area contributed by atoms with Crippen LogP contribution in [0.3, 0.4) is 0 Å². The van der Waals surface area contributed by atoms with E-state index in [2.05, 4.69) is 31.2 Å². The summed E-state index contributed by atoms with van der Waals surface area (Å²) in [5.74, 6) is -1.21. The first-order valence-electron chi connectivity index (χ1n) is 12.2. The second kappa shape index (κ2) is 17.9. The van der Waals surface area contributed by atoms with Gasteiger partial charge in [-0.2, -0.15) is 0 Å². The molecule has 0 saturated heterocycles. The fraction of sp³-hybridized carbons (Fsp3) is 0.593. The Morgan fingerprint density at radius 1 is 0.969 bits per heavy atom. The Kier molecular flexibility index (Phi) is 16.0. The fourth-order valence-corrected chi connectivity index (χ4v) is 5.11. The van der Waals surface area contributed by atoms with E-state index in [1.807, 2.05) is 6.07 Å². The summed E-state index contributed by atoms with van der Waals surface area (Å²) in [6.45, 7) is 4.03. The van der Waals surface area contributed by atoms with Crippen LogP contribution in [0.5, 0.6) is 0 Å². The lowest BCUT2D eigenvalue weighted by atomic mass is 10.0. The summed E-state index contributed by atoms with van der Waals surface area (Å²) in [6, 6.07) is 7.04. The number of benzene rings is 1. The Morgan fingerprint density at radius 2 is 1.56 bits per heavy atom. The molecule has 0 aliphatic heterocycles. The second-order valence-corrected chi connectivity index (χ2v) is 9.95. The van der Waals surface area contributed by atoms with Gasteiger partial charge in [-0.3, -0.25) is 0 Å². The molecule has 2 N–H and O–H groups in total. The van der Waals surface area contributed by atoms with Gasteiger partial charge in [-0.15, -0.1) is 0 Å². The van der Waals surface area contributed by atoms with Gasteiger partial charge in [0.1, 0.15) is 6.10 Å². The van der Waals surface area contributed by atoms with Gasteiger partial charge in [0.2, 0.25) is 5.25 Å². The molecule has 180 valence electrons. The Labute approximate surface area is 198 Å². The quantitative estimate of drug-likeness (QED) is 0.144. The minimum Gasteiger partial charge on any atom is -0.611 e. The Hall–Kier alpha value is -1.56. The van der Waals surface area contributed by atoms with Crippen LogP contribution in [-0.4, -0.2) is 32.1 Å². The highest BCUT2D eigenvalue weighted by Crippen LogP contribution is 2.24. The molecule has 5 heteroatoms. The van der Waals surface area contributed by atoms with Crippen LogP contribution < -0.4 is 0 Å². The highest BCUT2D eigenvalue weighted by molar-refractivity contribution is 7.92. The van der Waals surface area contributed by atoms with E-state index in [1.165, 1.54) is 25.7 Å². The highest BCUT2D eigenvalue weighted by atomic mass is 32.2. The van der Waals surface area contributed by atoms with Crippen LogP contribution in [0.4, 0.5) is 0 Å². The summed E-state index contributed by atoms with van der Waals surface area (Å²) in [5.41, 5.74) is 0.779. The van der Waals surface area contributed by atoms with Gasteiger partial charge in [0.05, 0.1) is 0 Å². The van der Waals surface area contributed by atoms with Crippen molar-refractivity contribution in [2.24, 2.45) is 0 Å². The zero-order valence-electron chi connectivity index (χ0n) is 19.9. The summed E-state index contributed by atoms with van der Waals surface area (Å²) in [6.07, 6.45) is 20.4. The van der Waals surface area contributed by atoms with Gasteiger partial charge < -0.3 is 14.8 Å². The van der Waals surface area contributed by atoms with Crippen LogP contribution in [-0.2, 0) is 16.0 Å². The van der Waals surface area contributed by atoms with Crippen molar-refractivity contribution in [2.75, 3.05) is 0 Å². The fourth-order valence-electron chi connectivity index (χ4n) is 3.63. The van der Waals surface area contributed by atoms with E-state index in [0.29, 0.717) is 11.3 Å². The molecule has 0 heterocycles. The second-order valence-electron chi connectivity index (χ2n) is 8.41. The lowest BCUT2D eigenvalue weighted by molar-refractivity contribution is -0.138. The minimum absolute atomic E-state index is 0.360. The predicted octanol–water partition coefficient (Wildman–Crippen LogP) is 6.73. The van der Waals surface area contributed by atoms with Crippen molar-refractivity contribution >= 4 is 17.1 Å². The van der Waals surface area contributed by atoms with Gasteiger partial charge in [-0.1, -0.05) is 88.0 Å². The van der Waals surface area contributed by atoms with Crippen molar-refractivity contribution in [3.05, 3.63) is 54.1 Å². The number of hydrogen-bond acceptors (Lipinski definition) is 3. The molecule has 1 rings (SSSR count). The topological polar surface area (TPSA) is 80.6 Å². The van der Waals surface area contributed by atoms with E-state index in [4.69, 9.17) is 0 Å². The van der Waals surface area contributed by atoms with Crippen LogP contribution >= 0.6 is 0 Å². The summed E-state index contributed by atoms with van der Waals surface area (Å²) >= 11 is -1.77. The van der Waals surface area contributed by atoms with E-state index < -0.39 is 28.5 Å². The normalized spacial score (nSPS) is 14.8. The third-order valence-corrected chi connectivity index (χ3v) is 7.45. The zero-order chi connectivity index (χ0) is 23.6. The molecule has 0 radical (unpaired) electrons. The Bertz CT molecular complexity index is 686. The highest BCUT2D eigenvalue weighted by Gasteiger charge is 2.39. The van der Waals surface area contributed by atoms with Gasteiger partial charge >= 0.3 is 5.97 Å². The zero-order valence-corrected chi connectivity index (χ0v) is 20.7. The summed E-state index contributed by atoms with van der Waals surface area (Å²) in [4.78, 5) is 12.1. The van der Waals surface area contributed by atoms with Gasteiger partial charge in [0, 0.05) is 16.7 Å². The number of carboxylic acid groups (broad SMARTS) is 1. The van der Waals surface area contributed by atoms with E-state index in [1.54, 1.807) is 25.1 Å². The molecule has 0 amide bonds. The molecule has 0 aliphatic carbocycles. The van der Waals surface area contributed by atoms with Gasteiger partial charge in [-0.25, -0.2) is 4.79 Å². The van der Waals surface area contributed by atoms with E-state index >= 15 is 0 Å². The van der Waals surface area contributed by atoms with Crippen molar-refractivity contribution in [1.29, 1.82) is 0 Å². The van der Waals surface area contributed by atoms with Crippen LogP contribution in [0.15, 0.2) is 53.5 Å². The molecule has 1 aromatic carbocycles. The van der Waals surface area contributed by atoms with Crippen LogP contribution in [0.1, 0.15) is 89.5 Å². The molecule has 0 spiro atoms. The molecule has 0 aromatic heterocycles. The maximum Gasteiger partial charge on any atom is 0.360 e. The van der Waals surface area contributed by atoms with Crippen LogP contribution in [0.25, 0.3) is 0 Å². The number of hydrogen-bond donors (Lipinski definition) is 2. The number of rotatable bonds is 18. The van der Waals surface area contributed by atoms with Crippen molar-refractivity contribution in [2.45, 2.75) is 107 Å². The number of carbonyl (C=O) groups is 1. The van der Waals surface area contributed by atoms with E-state index in [9.17, 15) is 19.6 Å². The largest absolute Gasteiger partial charge is 0.611 e. The van der Waals surface area contributed by atoms with Gasteiger partial charge in [0.15, 0.2) is 4.90 Å². The predicted molar refractivity (Wildman–Crippen MR) is 134 cm³/mol. The third kappa shape index (κ3) is 11.9. The third-order valence-electron chi connectivity index (χ3n) is 5.58. The van der Waals surface area contributed by atoms with Gasteiger partial charge in [0.25, 0.3) is 0 Å². The van der Waals surface area contributed by atoms with Crippen molar-refractivity contribution < 1.29 is 19.6 Å². The van der Waals surface area contributed by atoms with E-state index in [-0.39, 0.29) is 0 Å². The summed E-state index contributed by atoms with van der Waals surface area (Å²) < 4.78 is 12.8. The maximum atomic E-state index is 12.8. The number of aryl methyl sites for hydroxylation is 1. The van der Waals surface area contributed by atoms with Crippen LogP contribution in [0, 0.1) is 6.92 Å². The van der Waals surface area contributed by atoms with Crippen molar-refractivity contribution in [3.63, 3.8) is 0 Å². The number of aliphatic hydroxyl groups excluding tert-OH is 1. The molecule has 3 atom stereocenters. The van der Waals surface area contributed by atoms with Gasteiger partial charge in [-0.05, 0) is 51.5 Å². The number of unbranched alkanes of at least 4 members (excludes halogenated alkanes) is 8.